The van der Waals surface area contributed by atoms with Crippen molar-refractivity contribution in [3.05, 3.63) is 34.8 Å². The summed E-state index contributed by atoms with van der Waals surface area (Å²) in [5, 5.41) is 11.1. The van der Waals surface area contributed by atoms with Crippen LogP contribution < -0.4 is 4.74 Å². The molecule has 1 fully saturated rings. The van der Waals surface area contributed by atoms with E-state index in [1.165, 1.54) is 16.2 Å². The van der Waals surface area contributed by atoms with Gasteiger partial charge in [-0.3, -0.25) is 4.79 Å². The van der Waals surface area contributed by atoms with Crippen molar-refractivity contribution in [3.8, 4) is 28.7 Å². The number of hydrogen-bond acceptors (Lipinski definition) is 7. The van der Waals surface area contributed by atoms with Crippen molar-refractivity contribution in [1.82, 2.24) is 9.88 Å². The number of thiazole rings is 1. The number of terminal acetylenes is 1. The molecule has 0 bridgehead atoms. The Bertz CT molecular complexity index is 875. The Balaban J connectivity index is 0.000000292. The van der Waals surface area contributed by atoms with Crippen LogP contribution >= 0.6 is 11.3 Å². The first-order chi connectivity index (χ1) is 13.4. The van der Waals surface area contributed by atoms with Gasteiger partial charge in [-0.2, -0.15) is 0 Å². The van der Waals surface area contributed by atoms with Gasteiger partial charge in [-0.25, -0.2) is 9.78 Å². The maximum absolute atomic E-state index is 11.6. The number of rotatable bonds is 4. The van der Waals surface area contributed by atoms with Crippen LogP contribution in [0.3, 0.4) is 0 Å². The van der Waals surface area contributed by atoms with Crippen molar-refractivity contribution in [2.24, 2.45) is 0 Å². The molecule has 7 nitrogen and oxygen atoms in total. The number of ether oxygens (including phenoxy) is 2. The highest BCUT2D eigenvalue weighted by Gasteiger charge is 2.26. The van der Waals surface area contributed by atoms with Crippen LogP contribution in [0.2, 0.25) is 0 Å². The molecule has 1 aromatic heterocycles. The lowest BCUT2D eigenvalue weighted by molar-refractivity contribution is -0.133. The van der Waals surface area contributed by atoms with Gasteiger partial charge in [-0.05, 0) is 31.5 Å². The van der Waals surface area contributed by atoms with Gasteiger partial charge in [-0.15, -0.1) is 17.8 Å². The van der Waals surface area contributed by atoms with Crippen LogP contribution in [0.4, 0.5) is 0 Å². The van der Waals surface area contributed by atoms with E-state index >= 15 is 0 Å². The summed E-state index contributed by atoms with van der Waals surface area (Å²) in [6.07, 6.45) is 5.27. The topological polar surface area (TPSA) is 89.0 Å². The zero-order chi connectivity index (χ0) is 20.7. The number of likely N-dealkylation sites (tertiary alicyclic amines) is 1. The average molecular weight is 402 g/mol. The summed E-state index contributed by atoms with van der Waals surface area (Å²) < 4.78 is 10.2. The zero-order valence-corrected chi connectivity index (χ0v) is 16.8. The van der Waals surface area contributed by atoms with Crippen LogP contribution in [-0.2, 0) is 9.53 Å². The van der Waals surface area contributed by atoms with Gasteiger partial charge >= 0.3 is 5.97 Å². The third kappa shape index (κ3) is 5.09. The molecule has 0 spiro atoms. The maximum Gasteiger partial charge on any atom is 0.357 e. The molecule has 1 unspecified atom stereocenters. The summed E-state index contributed by atoms with van der Waals surface area (Å²) in [6.45, 7) is 2.77. The highest BCUT2D eigenvalue weighted by molar-refractivity contribution is 7.13. The molecule has 0 radical (unpaired) electrons. The van der Waals surface area contributed by atoms with E-state index in [0.29, 0.717) is 36.0 Å². The van der Waals surface area contributed by atoms with Crippen molar-refractivity contribution >= 4 is 23.2 Å². The summed E-state index contributed by atoms with van der Waals surface area (Å²) in [4.78, 5) is 28.0. The predicted octanol–water partition coefficient (Wildman–Crippen LogP) is 2.19. The largest absolute Gasteiger partial charge is 0.496 e. The second kappa shape index (κ2) is 9.88. The number of aliphatic hydroxyl groups is 1. The number of nitrogens with zero attached hydrogens (tertiary/aromatic N) is 2. The van der Waals surface area contributed by atoms with Gasteiger partial charge in [0.05, 0.1) is 19.3 Å². The summed E-state index contributed by atoms with van der Waals surface area (Å²) >= 11 is 1.35. The summed E-state index contributed by atoms with van der Waals surface area (Å²) in [7, 11) is 3.27. The molecular weight excluding hydrogens is 380 g/mol. The summed E-state index contributed by atoms with van der Waals surface area (Å²) in [6, 6.07) is 5.39. The van der Waals surface area contributed by atoms with Crippen LogP contribution in [0.25, 0.3) is 10.6 Å². The lowest BCUT2D eigenvalue weighted by Crippen LogP contribution is -2.24. The number of carbonyl (C=O) groups excluding carboxylic acids is 2. The SMILES string of the molecule is C#Cc1ccc(OC)c(-c2nc(C(=O)OCC)cs2)c1.CN1CCC(O)C1=O. The van der Waals surface area contributed by atoms with E-state index in [1.807, 2.05) is 6.07 Å². The first-order valence-electron chi connectivity index (χ1n) is 8.62. The number of likely N-dealkylation sites (N-methyl/N-ethyl adjacent to an activating group) is 1. The van der Waals surface area contributed by atoms with Gasteiger partial charge in [0.25, 0.3) is 5.91 Å². The average Bonchev–Trinajstić information content (AvgIpc) is 3.31. The van der Waals surface area contributed by atoms with Gasteiger partial charge in [0.1, 0.15) is 16.9 Å². The van der Waals surface area contributed by atoms with E-state index < -0.39 is 12.1 Å². The smallest absolute Gasteiger partial charge is 0.357 e. The molecular formula is C20H22N2O5S. The van der Waals surface area contributed by atoms with Crippen LogP contribution in [0, 0.1) is 12.3 Å². The van der Waals surface area contributed by atoms with Crippen LogP contribution in [0.5, 0.6) is 5.75 Å². The predicted molar refractivity (Wildman–Crippen MR) is 106 cm³/mol. The van der Waals surface area contributed by atoms with E-state index in [1.54, 1.807) is 38.6 Å². The molecule has 3 rings (SSSR count). The Labute approximate surface area is 167 Å². The van der Waals surface area contributed by atoms with E-state index in [2.05, 4.69) is 10.9 Å². The third-order valence-corrected chi connectivity index (χ3v) is 4.86. The Hall–Kier alpha value is -2.89. The lowest BCUT2D eigenvalue weighted by atomic mass is 10.1. The molecule has 1 aliphatic rings. The highest BCUT2D eigenvalue weighted by atomic mass is 32.1. The first kappa shape index (κ1) is 21.4. The molecule has 1 amide bonds. The Kier molecular flexibility index (Phi) is 7.55. The molecule has 1 aliphatic heterocycles. The number of methoxy groups -OCH3 is 1. The van der Waals surface area contributed by atoms with Gasteiger partial charge < -0.3 is 19.5 Å². The molecule has 1 saturated heterocycles. The first-order valence-corrected chi connectivity index (χ1v) is 9.49. The van der Waals surface area contributed by atoms with E-state index in [0.717, 1.165) is 11.1 Å². The number of aromatic nitrogens is 1. The number of benzene rings is 1. The molecule has 2 heterocycles. The molecule has 1 N–H and O–H groups in total. The summed E-state index contributed by atoms with van der Waals surface area (Å²) in [5.41, 5.74) is 1.79. The fraction of sp³-hybridized carbons (Fsp3) is 0.350. The quantitative estimate of drug-likeness (QED) is 0.623. The number of carbonyl (C=O) groups is 2. The molecule has 0 saturated carbocycles. The van der Waals surface area contributed by atoms with E-state index in [4.69, 9.17) is 21.0 Å². The van der Waals surface area contributed by atoms with E-state index in [-0.39, 0.29) is 5.91 Å². The normalized spacial score (nSPS) is 15.5. The van der Waals surface area contributed by atoms with Crippen LogP contribution in [0.1, 0.15) is 29.4 Å². The minimum Gasteiger partial charge on any atom is -0.496 e. The van der Waals surface area contributed by atoms with Crippen LogP contribution in [0.15, 0.2) is 23.6 Å². The minimum absolute atomic E-state index is 0.148. The monoisotopic (exact) mass is 402 g/mol. The lowest BCUT2D eigenvalue weighted by Gasteiger charge is -2.06. The maximum atomic E-state index is 11.6. The molecule has 8 heteroatoms. The van der Waals surface area contributed by atoms with Crippen molar-refractivity contribution in [3.63, 3.8) is 0 Å². The van der Waals surface area contributed by atoms with Gasteiger partial charge in [0.2, 0.25) is 0 Å². The Morgan fingerprint density at radius 1 is 1.50 bits per heavy atom. The van der Waals surface area contributed by atoms with Gasteiger partial charge in [0.15, 0.2) is 5.69 Å². The molecule has 28 heavy (non-hydrogen) atoms. The standard InChI is InChI=1S/C15H13NO3S.C5H9NO2/c1-4-10-6-7-13(18-3)11(8-10)14-16-12(9-20-14)15(17)19-5-2;1-6-3-2-4(7)5(6)8/h1,6-9H,5H2,2-3H3;4,7H,2-3H2,1H3. The number of hydrogen-bond donors (Lipinski definition) is 1. The summed E-state index contributed by atoms with van der Waals surface area (Å²) in [5.74, 6) is 2.65. The fourth-order valence-corrected chi connectivity index (χ4v) is 3.27. The van der Waals surface area contributed by atoms with Crippen molar-refractivity contribution < 1.29 is 24.2 Å². The molecule has 1 atom stereocenters. The molecule has 148 valence electrons. The highest BCUT2D eigenvalue weighted by Crippen LogP contribution is 2.33. The Morgan fingerprint density at radius 2 is 2.25 bits per heavy atom. The minimum atomic E-state index is -0.722. The molecule has 0 aliphatic carbocycles. The van der Waals surface area contributed by atoms with Crippen LogP contribution in [-0.4, -0.2) is 60.3 Å². The number of aliphatic hydroxyl groups excluding tert-OH is 1. The van der Waals surface area contributed by atoms with E-state index in [9.17, 15) is 9.59 Å². The van der Waals surface area contributed by atoms with Crippen molar-refractivity contribution in [2.45, 2.75) is 19.4 Å². The van der Waals surface area contributed by atoms with Crippen molar-refractivity contribution in [1.29, 1.82) is 0 Å². The molecule has 2 aromatic rings. The zero-order valence-electron chi connectivity index (χ0n) is 16.0. The molecule has 1 aromatic carbocycles. The second-order valence-electron chi connectivity index (χ2n) is 5.88. The van der Waals surface area contributed by atoms with Gasteiger partial charge in [0, 0.05) is 24.5 Å². The van der Waals surface area contributed by atoms with Crippen molar-refractivity contribution in [2.75, 3.05) is 27.3 Å². The third-order valence-electron chi connectivity index (χ3n) is 3.98. The van der Waals surface area contributed by atoms with Gasteiger partial charge in [-0.1, -0.05) is 5.92 Å². The fourth-order valence-electron chi connectivity index (χ4n) is 2.47. The second-order valence-corrected chi connectivity index (χ2v) is 6.74. The number of amides is 1. The Morgan fingerprint density at radius 3 is 2.75 bits per heavy atom. The number of esters is 1.